The van der Waals surface area contributed by atoms with Gasteiger partial charge in [0.2, 0.25) is 0 Å². The Hall–Kier alpha value is 0.310. The van der Waals surface area contributed by atoms with Gasteiger partial charge in [-0.15, -0.1) is 0 Å². The third kappa shape index (κ3) is 5.04. The fourth-order valence-electron chi connectivity index (χ4n) is 1.53. The lowest BCUT2D eigenvalue weighted by Gasteiger charge is -2.26. The van der Waals surface area contributed by atoms with E-state index in [1.807, 2.05) is 11.8 Å². The Morgan fingerprint density at radius 3 is 2.42 bits per heavy atom. The first kappa shape index (κ1) is 12.3. The van der Waals surface area contributed by atoms with Crippen molar-refractivity contribution in [2.75, 3.05) is 18.6 Å². The number of thioether (sulfide) groups is 1. The van der Waals surface area contributed by atoms with Gasteiger partial charge >= 0.3 is 0 Å². The number of hydrogen-bond donors (Lipinski definition) is 1. The molecule has 1 N–H and O–H groups in total. The van der Waals surface area contributed by atoms with Gasteiger partial charge in [-0.3, -0.25) is 0 Å². The summed E-state index contributed by atoms with van der Waals surface area (Å²) in [5.74, 6) is 1.22. The smallest absolute Gasteiger partial charge is 0.0484 e. The highest BCUT2D eigenvalue weighted by atomic mass is 32.2. The Kier molecular flexibility index (Phi) is 6.96. The third-order valence-corrected chi connectivity index (χ3v) is 3.06. The van der Waals surface area contributed by atoms with Crippen LogP contribution in [-0.4, -0.2) is 23.7 Å². The van der Waals surface area contributed by atoms with Crippen LogP contribution in [0.5, 0.6) is 0 Å². The van der Waals surface area contributed by atoms with E-state index in [-0.39, 0.29) is 5.41 Å². The topological polar surface area (TPSA) is 20.2 Å². The Morgan fingerprint density at radius 2 is 2.00 bits per heavy atom. The summed E-state index contributed by atoms with van der Waals surface area (Å²) in [6.45, 7) is 4.72. The second-order valence-electron chi connectivity index (χ2n) is 3.82. The highest BCUT2D eigenvalue weighted by molar-refractivity contribution is 7.98. The van der Waals surface area contributed by atoms with Gasteiger partial charge in [-0.1, -0.05) is 20.3 Å². The van der Waals surface area contributed by atoms with E-state index in [0.29, 0.717) is 6.61 Å². The average Bonchev–Trinajstić information content (AvgIpc) is 2.06. The number of hydrogen-bond acceptors (Lipinski definition) is 2. The van der Waals surface area contributed by atoms with E-state index < -0.39 is 0 Å². The molecule has 0 rings (SSSR count). The van der Waals surface area contributed by atoms with Gasteiger partial charge < -0.3 is 5.11 Å². The largest absolute Gasteiger partial charge is 0.396 e. The van der Waals surface area contributed by atoms with Crippen LogP contribution in [-0.2, 0) is 0 Å². The van der Waals surface area contributed by atoms with Crippen molar-refractivity contribution in [3.05, 3.63) is 0 Å². The van der Waals surface area contributed by atoms with Crippen LogP contribution in [0.15, 0.2) is 0 Å². The number of aliphatic hydroxyl groups is 1. The van der Waals surface area contributed by atoms with Gasteiger partial charge in [0.1, 0.15) is 0 Å². The molecule has 0 aliphatic rings. The van der Waals surface area contributed by atoms with Gasteiger partial charge in [0.05, 0.1) is 0 Å². The second kappa shape index (κ2) is 6.79. The zero-order chi connectivity index (χ0) is 9.45. The lowest BCUT2D eigenvalue weighted by atomic mass is 9.82. The summed E-state index contributed by atoms with van der Waals surface area (Å²) in [7, 11) is 0. The first-order valence-electron chi connectivity index (χ1n) is 4.78. The lowest BCUT2D eigenvalue weighted by Crippen LogP contribution is -2.21. The Balaban J connectivity index is 3.63. The van der Waals surface area contributed by atoms with E-state index in [1.165, 1.54) is 18.6 Å². The molecule has 0 fully saturated rings. The summed E-state index contributed by atoms with van der Waals surface area (Å²) in [4.78, 5) is 0. The molecular weight excluding hydrogens is 168 g/mol. The molecule has 1 unspecified atom stereocenters. The van der Waals surface area contributed by atoms with Crippen LogP contribution in [0.2, 0.25) is 0 Å². The minimum atomic E-state index is 0.185. The van der Waals surface area contributed by atoms with Gasteiger partial charge in [-0.2, -0.15) is 11.8 Å². The van der Waals surface area contributed by atoms with Gasteiger partial charge in [0.15, 0.2) is 0 Å². The molecule has 0 spiro atoms. The van der Waals surface area contributed by atoms with Crippen molar-refractivity contribution in [3.63, 3.8) is 0 Å². The Labute approximate surface area is 80.9 Å². The SMILES string of the molecule is CCCC(C)(CO)CCCSC. The van der Waals surface area contributed by atoms with Crippen molar-refractivity contribution in [3.8, 4) is 0 Å². The molecule has 0 saturated heterocycles. The Morgan fingerprint density at radius 1 is 1.33 bits per heavy atom. The molecule has 0 radical (unpaired) electrons. The fourth-order valence-corrected chi connectivity index (χ4v) is 1.96. The quantitative estimate of drug-likeness (QED) is 0.623. The van der Waals surface area contributed by atoms with Crippen LogP contribution >= 0.6 is 11.8 Å². The van der Waals surface area contributed by atoms with Crippen molar-refractivity contribution in [1.29, 1.82) is 0 Å². The zero-order valence-electron chi connectivity index (χ0n) is 8.60. The standard InChI is InChI=1S/C10H22OS/c1-4-6-10(2,9-11)7-5-8-12-3/h11H,4-9H2,1-3H3. The first-order chi connectivity index (χ1) is 5.68. The van der Waals surface area contributed by atoms with Crippen LogP contribution in [0.1, 0.15) is 39.5 Å². The fraction of sp³-hybridized carbons (Fsp3) is 1.00. The average molecular weight is 190 g/mol. The summed E-state index contributed by atoms with van der Waals surface area (Å²) < 4.78 is 0. The molecule has 0 aliphatic heterocycles. The number of aliphatic hydroxyl groups excluding tert-OH is 1. The van der Waals surface area contributed by atoms with Gasteiger partial charge in [-0.05, 0) is 36.7 Å². The van der Waals surface area contributed by atoms with Crippen molar-refractivity contribution in [2.45, 2.75) is 39.5 Å². The molecule has 0 aromatic heterocycles. The molecule has 0 aromatic rings. The van der Waals surface area contributed by atoms with Crippen LogP contribution in [0.25, 0.3) is 0 Å². The number of rotatable bonds is 7. The highest BCUT2D eigenvalue weighted by Gasteiger charge is 2.21. The molecule has 2 heteroatoms. The summed E-state index contributed by atoms with van der Waals surface area (Å²) >= 11 is 1.89. The summed E-state index contributed by atoms with van der Waals surface area (Å²) in [6, 6.07) is 0. The normalized spacial score (nSPS) is 16.0. The lowest BCUT2D eigenvalue weighted by molar-refractivity contribution is 0.121. The van der Waals surface area contributed by atoms with Gasteiger partial charge in [0, 0.05) is 6.61 Å². The summed E-state index contributed by atoms with van der Waals surface area (Å²) in [6.07, 6.45) is 6.86. The van der Waals surface area contributed by atoms with E-state index in [2.05, 4.69) is 20.1 Å². The van der Waals surface area contributed by atoms with E-state index in [4.69, 9.17) is 0 Å². The van der Waals surface area contributed by atoms with Crippen molar-refractivity contribution in [1.82, 2.24) is 0 Å². The van der Waals surface area contributed by atoms with Crippen LogP contribution in [0.3, 0.4) is 0 Å². The molecule has 1 atom stereocenters. The maximum absolute atomic E-state index is 9.21. The second-order valence-corrected chi connectivity index (χ2v) is 4.80. The predicted molar refractivity (Wildman–Crippen MR) is 57.7 cm³/mol. The maximum Gasteiger partial charge on any atom is 0.0484 e. The summed E-state index contributed by atoms with van der Waals surface area (Å²) in [5, 5.41) is 9.21. The molecule has 0 amide bonds. The molecule has 0 saturated carbocycles. The molecule has 74 valence electrons. The van der Waals surface area contributed by atoms with Crippen molar-refractivity contribution >= 4 is 11.8 Å². The van der Waals surface area contributed by atoms with Gasteiger partial charge in [-0.25, -0.2) is 0 Å². The molecule has 0 aliphatic carbocycles. The Bertz CT molecular complexity index is 106. The first-order valence-corrected chi connectivity index (χ1v) is 6.17. The van der Waals surface area contributed by atoms with E-state index in [1.54, 1.807) is 0 Å². The van der Waals surface area contributed by atoms with Crippen LogP contribution in [0.4, 0.5) is 0 Å². The van der Waals surface area contributed by atoms with Crippen molar-refractivity contribution < 1.29 is 5.11 Å². The van der Waals surface area contributed by atoms with Crippen LogP contribution in [0, 0.1) is 5.41 Å². The molecule has 1 nitrogen and oxygen atoms in total. The zero-order valence-corrected chi connectivity index (χ0v) is 9.41. The highest BCUT2D eigenvalue weighted by Crippen LogP contribution is 2.28. The minimum absolute atomic E-state index is 0.185. The minimum Gasteiger partial charge on any atom is -0.396 e. The third-order valence-electron chi connectivity index (χ3n) is 2.36. The molecule has 0 aromatic carbocycles. The van der Waals surface area contributed by atoms with E-state index >= 15 is 0 Å². The molecule has 0 bridgehead atoms. The summed E-state index contributed by atoms with van der Waals surface area (Å²) in [5.41, 5.74) is 0.185. The van der Waals surface area contributed by atoms with Crippen LogP contribution < -0.4 is 0 Å². The monoisotopic (exact) mass is 190 g/mol. The predicted octanol–water partition coefficient (Wildman–Crippen LogP) is 2.93. The van der Waals surface area contributed by atoms with Gasteiger partial charge in [0.25, 0.3) is 0 Å². The van der Waals surface area contributed by atoms with Crippen molar-refractivity contribution in [2.24, 2.45) is 5.41 Å². The maximum atomic E-state index is 9.21. The van der Waals surface area contributed by atoms with E-state index in [9.17, 15) is 5.11 Å². The molecular formula is C10H22OS. The molecule has 0 heterocycles. The molecule has 12 heavy (non-hydrogen) atoms. The van der Waals surface area contributed by atoms with E-state index in [0.717, 1.165) is 12.8 Å².